The largest absolute Gasteiger partial charge is 0.349 e. The van der Waals surface area contributed by atoms with Crippen molar-refractivity contribution in [3.05, 3.63) is 0 Å². The fourth-order valence-electron chi connectivity index (χ4n) is 0.646. The highest BCUT2D eigenvalue weighted by atomic mass is 16.6. The summed E-state index contributed by atoms with van der Waals surface area (Å²) in [7, 11) is 0. The molecule has 9 heavy (non-hydrogen) atoms. The van der Waals surface area contributed by atoms with Crippen molar-refractivity contribution in [3.63, 3.8) is 0 Å². The second-order valence-corrected chi connectivity index (χ2v) is 2.61. The molecule has 1 radical (unpaired) electrons. The van der Waals surface area contributed by atoms with E-state index >= 15 is 0 Å². The van der Waals surface area contributed by atoms with Crippen LogP contribution in [-0.4, -0.2) is 12.9 Å². The molecule has 0 heterocycles. The molecule has 0 aliphatic heterocycles. The summed E-state index contributed by atoms with van der Waals surface area (Å²) in [6.45, 7) is 2.55. The molecule has 0 spiro atoms. The molecule has 1 unspecified atom stereocenters. The first-order valence-electron chi connectivity index (χ1n) is 3.60. The lowest BCUT2D eigenvalue weighted by atomic mass is 10.4. The molecule has 1 saturated carbocycles. The molecule has 1 aliphatic carbocycles. The average molecular weight is 129 g/mol. The maximum absolute atomic E-state index is 10.6. The molecule has 0 N–H and O–H groups in total. The van der Waals surface area contributed by atoms with Gasteiger partial charge in [0.1, 0.15) is 0 Å². The standard InChI is InChI=1S/C7H13O2/c1-2-7(8)9-5-6-3-4-6/h6-7H,2-5H2,1H3. The van der Waals surface area contributed by atoms with Crippen molar-refractivity contribution in [3.8, 4) is 0 Å². The van der Waals surface area contributed by atoms with Gasteiger partial charge < -0.3 is 4.74 Å². The first-order chi connectivity index (χ1) is 4.33. The van der Waals surface area contributed by atoms with Crippen LogP contribution in [0.5, 0.6) is 0 Å². The molecule has 1 aliphatic rings. The zero-order chi connectivity index (χ0) is 6.69. The maximum Gasteiger partial charge on any atom is 0.191 e. The number of hydrogen-bond donors (Lipinski definition) is 0. The van der Waals surface area contributed by atoms with Crippen molar-refractivity contribution in [2.24, 2.45) is 5.92 Å². The molecule has 1 rings (SSSR count). The van der Waals surface area contributed by atoms with Crippen molar-refractivity contribution in [1.82, 2.24) is 0 Å². The van der Waals surface area contributed by atoms with E-state index in [1.165, 1.54) is 12.8 Å². The SMILES string of the molecule is CCC([O])OCC1CC1. The van der Waals surface area contributed by atoms with Gasteiger partial charge in [-0.3, -0.25) is 0 Å². The average Bonchev–Trinajstić information content (AvgIpc) is 2.65. The van der Waals surface area contributed by atoms with Gasteiger partial charge in [-0.2, -0.15) is 0 Å². The Balaban J connectivity index is 1.90. The summed E-state index contributed by atoms with van der Waals surface area (Å²) in [5.41, 5.74) is 0. The van der Waals surface area contributed by atoms with Gasteiger partial charge in [0.15, 0.2) is 6.29 Å². The van der Waals surface area contributed by atoms with Gasteiger partial charge in [0.2, 0.25) is 0 Å². The highest BCUT2D eigenvalue weighted by Crippen LogP contribution is 2.29. The van der Waals surface area contributed by atoms with E-state index < -0.39 is 6.29 Å². The second-order valence-electron chi connectivity index (χ2n) is 2.61. The molecule has 0 aromatic heterocycles. The van der Waals surface area contributed by atoms with E-state index in [0.29, 0.717) is 18.9 Å². The molecule has 1 atom stereocenters. The van der Waals surface area contributed by atoms with Gasteiger partial charge >= 0.3 is 0 Å². The zero-order valence-corrected chi connectivity index (χ0v) is 5.80. The van der Waals surface area contributed by atoms with E-state index in [-0.39, 0.29) is 0 Å². The maximum atomic E-state index is 10.6. The first kappa shape index (κ1) is 7.03. The smallest absolute Gasteiger partial charge is 0.191 e. The van der Waals surface area contributed by atoms with Gasteiger partial charge in [-0.15, -0.1) is 0 Å². The Kier molecular flexibility index (Phi) is 2.49. The van der Waals surface area contributed by atoms with Crippen LogP contribution in [0.3, 0.4) is 0 Å². The molecular formula is C7H13O2. The third kappa shape index (κ3) is 2.82. The van der Waals surface area contributed by atoms with E-state index in [4.69, 9.17) is 4.74 Å². The minimum absolute atomic E-state index is 0.590. The van der Waals surface area contributed by atoms with Gasteiger partial charge in [-0.25, -0.2) is 5.11 Å². The monoisotopic (exact) mass is 129 g/mol. The highest BCUT2D eigenvalue weighted by molar-refractivity contribution is 4.71. The van der Waals surface area contributed by atoms with Crippen molar-refractivity contribution >= 4 is 0 Å². The Morgan fingerprint density at radius 1 is 1.67 bits per heavy atom. The van der Waals surface area contributed by atoms with Crippen LogP contribution in [0.4, 0.5) is 0 Å². The quantitative estimate of drug-likeness (QED) is 0.530. The third-order valence-electron chi connectivity index (χ3n) is 1.55. The molecule has 0 bridgehead atoms. The van der Waals surface area contributed by atoms with E-state index in [1.807, 2.05) is 6.92 Å². The van der Waals surface area contributed by atoms with Gasteiger partial charge in [0.25, 0.3) is 0 Å². The number of rotatable bonds is 4. The predicted octanol–water partition coefficient (Wildman–Crippen LogP) is 1.58. The topological polar surface area (TPSA) is 29.1 Å². The minimum atomic E-state index is -0.773. The van der Waals surface area contributed by atoms with Gasteiger partial charge in [-0.1, -0.05) is 6.92 Å². The van der Waals surface area contributed by atoms with Crippen molar-refractivity contribution < 1.29 is 9.84 Å². The van der Waals surface area contributed by atoms with Crippen LogP contribution in [0.1, 0.15) is 26.2 Å². The van der Waals surface area contributed by atoms with Crippen molar-refractivity contribution in [2.75, 3.05) is 6.61 Å². The molecular weight excluding hydrogens is 116 g/mol. The Hall–Kier alpha value is -0.0800. The van der Waals surface area contributed by atoms with E-state index in [2.05, 4.69) is 0 Å². The van der Waals surface area contributed by atoms with E-state index in [1.54, 1.807) is 0 Å². The Labute approximate surface area is 55.8 Å². The van der Waals surface area contributed by atoms with Crippen LogP contribution in [0.25, 0.3) is 0 Å². The molecule has 2 nitrogen and oxygen atoms in total. The summed E-state index contributed by atoms with van der Waals surface area (Å²) in [5, 5.41) is 10.6. The highest BCUT2D eigenvalue weighted by Gasteiger charge is 2.22. The van der Waals surface area contributed by atoms with Crippen molar-refractivity contribution in [1.29, 1.82) is 0 Å². The predicted molar refractivity (Wildman–Crippen MR) is 33.4 cm³/mol. The fourth-order valence-corrected chi connectivity index (χ4v) is 0.646. The molecule has 2 heteroatoms. The van der Waals surface area contributed by atoms with Crippen LogP contribution in [0.2, 0.25) is 0 Å². The van der Waals surface area contributed by atoms with E-state index in [0.717, 1.165) is 0 Å². The molecule has 0 aromatic carbocycles. The molecule has 0 saturated heterocycles. The molecule has 53 valence electrons. The summed E-state index contributed by atoms with van der Waals surface area (Å²) < 4.78 is 4.96. The van der Waals surface area contributed by atoms with Crippen LogP contribution in [0, 0.1) is 5.92 Å². The summed E-state index contributed by atoms with van der Waals surface area (Å²) in [4.78, 5) is 0. The normalized spacial score (nSPS) is 22.0. The molecule has 0 amide bonds. The van der Waals surface area contributed by atoms with Gasteiger partial charge in [-0.05, 0) is 25.2 Å². The lowest BCUT2D eigenvalue weighted by Gasteiger charge is -2.04. The number of hydrogen-bond acceptors (Lipinski definition) is 1. The van der Waals surface area contributed by atoms with E-state index in [9.17, 15) is 5.11 Å². The summed E-state index contributed by atoms with van der Waals surface area (Å²) in [6.07, 6.45) is 2.34. The van der Waals surface area contributed by atoms with Crippen LogP contribution in [-0.2, 0) is 9.84 Å². The Morgan fingerprint density at radius 2 is 2.33 bits per heavy atom. The second kappa shape index (κ2) is 3.18. The van der Waals surface area contributed by atoms with Crippen molar-refractivity contribution in [2.45, 2.75) is 32.5 Å². The third-order valence-corrected chi connectivity index (χ3v) is 1.55. The minimum Gasteiger partial charge on any atom is -0.349 e. The molecule has 1 fully saturated rings. The fraction of sp³-hybridized carbons (Fsp3) is 1.00. The Morgan fingerprint density at radius 3 is 2.78 bits per heavy atom. The molecule has 0 aromatic rings. The summed E-state index contributed by atoms with van der Waals surface area (Å²) in [6, 6.07) is 0. The summed E-state index contributed by atoms with van der Waals surface area (Å²) in [5.74, 6) is 0.716. The van der Waals surface area contributed by atoms with Crippen LogP contribution in [0.15, 0.2) is 0 Å². The van der Waals surface area contributed by atoms with Crippen LogP contribution >= 0.6 is 0 Å². The van der Waals surface area contributed by atoms with Crippen LogP contribution < -0.4 is 0 Å². The lowest BCUT2D eigenvalue weighted by Crippen LogP contribution is -2.10. The van der Waals surface area contributed by atoms with Gasteiger partial charge in [0, 0.05) is 0 Å². The lowest BCUT2D eigenvalue weighted by molar-refractivity contribution is -0.143. The Bertz CT molecular complexity index is 79.0. The zero-order valence-electron chi connectivity index (χ0n) is 5.80. The first-order valence-corrected chi connectivity index (χ1v) is 3.60. The number of ether oxygens (including phenoxy) is 1. The summed E-state index contributed by atoms with van der Waals surface area (Å²) >= 11 is 0. The van der Waals surface area contributed by atoms with Gasteiger partial charge in [0.05, 0.1) is 6.61 Å².